The first-order valence-electron chi connectivity index (χ1n) is 6.33. The highest BCUT2D eigenvalue weighted by molar-refractivity contribution is 7.99. The van der Waals surface area contributed by atoms with Crippen LogP contribution in [0.2, 0.25) is 0 Å². The Morgan fingerprint density at radius 3 is 2.56 bits per heavy atom. The summed E-state index contributed by atoms with van der Waals surface area (Å²) in [5.74, 6) is 2.12. The van der Waals surface area contributed by atoms with Gasteiger partial charge in [-0.3, -0.25) is 9.59 Å². The van der Waals surface area contributed by atoms with Crippen molar-refractivity contribution >= 4 is 23.6 Å². The summed E-state index contributed by atoms with van der Waals surface area (Å²) in [5.41, 5.74) is 0. The zero-order valence-electron chi connectivity index (χ0n) is 11.4. The molecule has 1 saturated heterocycles. The minimum Gasteiger partial charge on any atom is -0.347 e. The van der Waals surface area contributed by atoms with Crippen LogP contribution < -0.4 is 5.32 Å². The van der Waals surface area contributed by atoms with Crippen LogP contribution in [0.3, 0.4) is 0 Å². The van der Waals surface area contributed by atoms with E-state index in [0.717, 1.165) is 18.1 Å². The largest absolute Gasteiger partial charge is 0.347 e. The maximum absolute atomic E-state index is 12.1. The molecule has 0 aliphatic carbocycles. The fourth-order valence-electron chi connectivity index (χ4n) is 1.77. The van der Waals surface area contributed by atoms with Crippen LogP contribution in [0.15, 0.2) is 0 Å². The van der Waals surface area contributed by atoms with E-state index in [4.69, 9.17) is 0 Å². The summed E-state index contributed by atoms with van der Waals surface area (Å²) < 4.78 is 0. The summed E-state index contributed by atoms with van der Waals surface area (Å²) >= 11 is 1.87. The Hall–Kier alpha value is -0.750. The Morgan fingerprint density at radius 1 is 1.33 bits per heavy atom. The average molecular weight is 273 g/mol. The van der Waals surface area contributed by atoms with Crippen LogP contribution in [0.4, 0.5) is 0 Å². The smallest absolute Gasteiger partial charge is 0.241 e. The number of hydrogen-bond donors (Lipinski definition) is 1. The highest BCUT2D eigenvalue weighted by atomic mass is 32.2. The van der Waals surface area contributed by atoms with E-state index in [1.807, 2.05) is 18.7 Å². The second kappa shape index (κ2) is 7.63. The highest BCUT2D eigenvalue weighted by Crippen LogP contribution is 2.11. The number of carbonyl (C=O) groups excluding carboxylic acids is 2. The number of amides is 2. The lowest BCUT2D eigenvalue weighted by Gasteiger charge is -2.27. The molecule has 0 aromatic rings. The number of thioether (sulfide) groups is 1. The van der Waals surface area contributed by atoms with Gasteiger partial charge in [-0.1, -0.05) is 0 Å². The number of nitrogens with zero attached hydrogens (tertiary/aromatic N) is 2. The van der Waals surface area contributed by atoms with Gasteiger partial charge in [0.1, 0.15) is 0 Å². The van der Waals surface area contributed by atoms with Crippen LogP contribution in [0, 0.1) is 0 Å². The highest BCUT2D eigenvalue weighted by Gasteiger charge is 2.21. The van der Waals surface area contributed by atoms with Crippen LogP contribution in [0.1, 0.15) is 13.3 Å². The summed E-state index contributed by atoms with van der Waals surface area (Å²) in [7, 11) is 3.42. The molecule has 0 radical (unpaired) electrons. The van der Waals surface area contributed by atoms with Gasteiger partial charge in [0.15, 0.2) is 0 Å². The number of likely N-dealkylation sites (N-methyl/N-ethyl adjacent to an activating group) is 2. The molecule has 1 N–H and O–H groups in total. The molecular formula is C12H23N3O2S. The third-order valence-corrected chi connectivity index (χ3v) is 4.11. The molecule has 1 rings (SSSR count). The second-order valence-electron chi connectivity index (χ2n) is 4.63. The van der Waals surface area contributed by atoms with E-state index < -0.39 is 0 Å². The number of carbonyl (C=O) groups is 2. The summed E-state index contributed by atoms with van der Waals surface area (Å²) in [4.78, 5) is 26.9. The summed E-state index contributed by atoms with van der Waals surface area (Å²) in [6, 6.07) is 0.250. The van der Waals surface area contributed by atoms with Crippen molar-refractivity contribution < 1.29 is 9.59 Å². The van der Waals surface area contributed by atoms with Gasteiger partial charge < -0.3 is 15.1 Å². The molecule has 1 heterocycles. The Labute approximate surface area is 113 Å². The zero-order valence-corrected chi connectivity index (χ0v) is 12.3. The first kappa shape index (κ1) is 15.3. The Kier molecular flexibility index (Phi) is 6.49. The third kappa shape index (κ3) is 4.86. The van der Waals surface area contributed by atoms with Gasteiger partial charge in [0, 0.05) is 51.2 Å². The minimum atomic E-state index is -0.0313. The van der Waals surface area contributed by atoms with Crippen LogP contribution in [-0.2, 0) is 9.59 Å². The first-order chi connectivity index (χ1) is 8.54. The maximum Gasteiger partial charge on any atom is 0.241 e. The zero-order chi connectivity index (χ0) is 13.5. The predicted molar refractivity (Wildman–Crippen MR) is 74.7 cm³/mol. The van der Waals surface area contributed by atoms with Crippen molar-refractivity contribution in [2.24, 2.45) is 0 Å². The van der Waals surface area contributed by atoms with Gasteiger partial charge in [0.2, 0.25) is 11.8 Å². The number of nitrogens with one attached hydrogen (secondary N) is 1. The predicted octanol–water partition coefficient (Wildman–Crippen LogP) is 0.0182. The van der Waals surface area contributed by atoms with Gasteiger partial charge in [-0.25, -0.2) is 0 Å². The average Bonchev–Trinajstić information content (AvgIpc) is 2.36. The van der Waals surface area contributed by atoms with Crippen molar-refractivity contribution in [1.82, 2.24) is 15.1 Å². The van der Waals surface area contributed by atoms with Crippen molar-refractivity contribution in [3.63, 3.8) is 0 Å². The fourth-order valence-corrected chi connectivity index (χ4v) is 2.72. The van der Waals surface area contributed by atoms with Gasteiger partial charge in [-0.05, 0) is 6.92 Å². The molecule has 0 saturated carbocycles. The van der Waals surface area contributed by atoms with Crippen LogP contribution in [0.5, 0.6) is 0 Å². The van der Waals surface area contributed by atoms with E-state index in [9.17, 15) is 9.59 Å². The van der Waals surface area contributed by atoms with Crippen LogP contribution in [-0.4, -0.2) is 72.9 Å². The van der Waals surface area contributed by atoms with Crippen LogP contribution >= 0.6 is 11.8 Å². The first-order valence-corrected chi connectivity index (χ1v) is 7.49. The van der Waals surface area contributed by atoms with Crippen molar-refractivity contribution in [3.8, 4) is 0 Å². The lowest BCUT2D eigenvalue weighted by molar-refractivity contribution is -0.139. The summed E-state index contributed by atoms with van der Waals surface area (Å²) in [5, 5.41) is 3.34. The molecule has 1 unspecified atom stereocenters. The molecule has 0 aromatic carbocycles. The van der Waals surface area contributed by atoms with E-state index in [0.29, 0.717) is 13.0 Å². The molecule has 1 fully saturated rings. The molecule has 0 spiro atoms. The van der Waals surface area contributed by atoms with Gasteiger partial charge in [0.05, 0.1) is 6.54 Å². The molecule has 0 aromatic heterocycles. The number of hydrogen-bond acceptors (Lipinski definition) is 4. The van der Waals surface area contributed by atoms with E-state index in [-0.39, 0.29) is 24.4 Å². The molecule has 1 aliphatic rings. The monoisotopic (exact) mass is 273 g/mol. The maximum atomic E-state index is 12.1. The van der Waals surface area contributed by atoms with Crippen LogP contribution in [0.25, 0.3) is 0 Å². The minimum absolute atomic E-state index is 0.0313. The van der Waals surface area contributed by atoms with E-state index in [2.05, 4.69) is 5.32 Å². The summed E-state index contributed by atoms with van der Waals surface area (Å²) in [6.45, 7) is 3.63. The Bertz CT molecular complexity index is 291. The SMILES string of the molecule is CCN(CC(=O)N(C)C)C(=O)CC1CSCCN1. The molecular weight excluding hydrogens is 250 g/mol. The van der Waals surface area contributed by atoms with E-state index in [1.165, 1.54) is 4.90 Å². The Balaban J connectivity index is 2.43. The second-order valence-corrected chi connectivity index (χ2v) is 5.78. The van der Waals surface area contributed by atoms with Gasteiger partial charge in [-0.15, -0.1) is 0 Å². The van der Waals surface area contributed by atoms with E-state index >= 15 is 0 Å². The molecule has 2 amide bonds. The molecule has 1 aliphatic heterocycles. The van der Waals surface area contributed by atoms with Crippen molar-refractivity contribution in [1.29, 1.82) is 0 Å². The van der Waals surface area contributed by atoms with Crippen molar-refractivity contribution in [2.45, 2.75) is 19.4 Å². The molecule has 18 heavy (non-hydrogen) atoms. The van der Waals surface area contributed by atoms with Crippen molar-refractivity contribution in [2.75, 3.05) is 45.2 Å². The topological polar surface area (TPSA) is 52.7 Å². The molecule has 5 nitrogen and oxygen atoms in total. The normalized spacial score (nSPS) is 19.4. The van der Waals surface area contributed by atoms with E-state index in [1.54, 1.807) is 19.0 Å². The summed E-state index contributed by atoms with van der Waals surface area (Å²) in [6.07, 6.45) is 0.488. The van der Waals surface area contributed by atoms with Crippen molar-refractivity contribution in [3.05, 3.63) is 0 Å². The molecule has 6 heteroatoms. The van der Waals surface area contributed by atoms with Gasteiger partial charge in [-0.2, -0.15) is 11.8 Å². The molecule has 0 bridgehead atoms. The third-order valence-electron chi connectivity index (χ3n) is 2.98. The fraction of sp³-hybridized carbons (Fsp3) is 0.833. The van der Waals surface area contributed by atoms with Gasteiger partial charge >= 0.3 is 0 Å². The molecule has 104 valence electrons. The number of rotatable bonds is 5. The lowest BCUT2D eigenvalue weighted by atomic mass is 10.2. The van der Waals surface area contributed by atoms with Gasteiger partial charge in [0.25, 0.3) is 0 Å². The lowest BCUT2D eigenvalue weighted by Crippen LogP contribution is -2.45. The quantitative estimate of drug-likeness (QED) is 0.767. The standard InChI is InChI=1S/C12H23N3O2S/c1-4-15(8-12(17)14(2)3)11(16)7-10-9-18-6-5-13-10/h10,13H,4-9H2,1-3H3. The molecule has 1 atom stereocenters. The Morgan fingerprint density at radius 2 is 2.06 bits per heavy atom.